The molecule has 0 bridgehead atoms. The van der Waals surface area contributed by atoms with Gasteiger partial charge in [0.25, 0.3) is 0 Å². The Labute approximate surface area is 86.4 Å². The van der Waals surface area contributed by atoms with Gasteiger partial charge in [0.1, 0.15) is 6.61 Å². The normalized spacial score (nSPS) is 18.5. The van der Waals surface area contributed by atoms with Crippen LogP contribution in [0.1, 0.15) is 32.1 Å². The van der Waals surface area contributed by atoms with E-state index >= 15 is 0 Å². The fraction of sp³-hybridized carbons (Fsp3) is 0.909. The van der Waals surface area contributed by atoms with Gasteiger partial charge in [-0.15, -0.1) is 0 Å². The van der Waals surface area contributed by atoms with E-state index in [4.69, 9.17) is 4.74 Å². The summed E-state index contributed by atoms with van der Waals surface area (Å²) in [7, 11) is 3.96. The standard InChI is InChI=1S/C11H21NO2/c1-12(2)8-9-14-11(13)10-6-4-3-5-7-10/h10H,3-9H2,1-2H3. The number of hydrogen-bond acceptors (Lipinski definition) is 3. The van der Waals surface area contributed by atoms with Gasteiger partial charge in [-0.05, 0) is 26.9 Å². The third-order valence-corrected chi connectivity index (χ3v) is 2.72. The predicted molar refractivity (Wildman–Crippen MR) is 56.1 cm³/mol. The summed E-state index contributed by atoms with van der Waals surface area (Å²) in [6.07, 6.45) is 5.71. The molecule has 1 rings (SSSR count). The van der Waals surface area contributed by atoms with Crippen LogP contribution in [-0.4, -0.2) is 38.1 Å². The lowest BCUT2D eigenvalue weighted by Gasteiger charge is -2.20. The lowest BCUT2D eigenvalue weighted by molar-refractivity contribution is -0.149. The molecule has 3 heteroatoms. The third-order valence-electron chi connectivity index (χ3n) is 2.72. The number of esters is 1. The summed E-state index contributed by atoms with van der Waals surface area (Å²) in [6, 6.07) is 0. The molecule has 0 aromatic rings. The monoisotopic (exact) mass is 199 g/mol. The Balaban J connectivity index is 2.13. The summed E-state index contributed by atoms with van der Waals surface area (Å²) in [5.41, 5.74) is 0. The molecular formula is C11H21NO2. The predicted octanol–water partition coefficient (Wildman–Crippen LogP) is 1.67. The maximum absolute atomic E-state index is 11.5. The van der Waals surface area contributed by atoms with Crippen LogP contribution in [-0.2, 0) is 9.53 Å². The van der Waals surface area contributed by atoms with Crippen molar-refractivity contribution in [2.75, 3.05) is 27.2 Å². The van der Waals surface area contributed by atoms with Crippen LogP contribution in [0.3, 0.4) is 0 Å². The minimum absolute atomic E-state index is 0.0200. The zero-order valence-electron chi connectivity index (χ0n) is 9.29. The molecule has 1 fully saturated rings. The number of carbonyl (C=O) groups is 1. The molecule has 0 aromatic carbocycles. The first-order chi connectivity index (χ1) is 6.70. The van der Waals surface area contributed by atoms with Gasteiger partial charge >= 0.3 is 5.97 Å². The zero-order chi connectivity index (χ0) is 10.4. The molecule has 0 atom stereocenters. The highest BCUT2D eigenvalue weighted by atomic mass is 16.5. The van der Waals surface area contributed by atoms with Crippen LogP contribution in [0, 0.1) is 5.92 Å². The summed E-state index contributed by atoms with van der Waals surface area (Å²) >= 11 is 0. The van der Waals surface area contributed by atoms with Crippen LogP contribution in [0.4, 0.5) is 0 Å². The molecule has 1 aliphatic carbocycles. The quantitative estimate of drug-likeness (QED) is 0.645. The minimum Gasteiger partial charge on any atom is -0.464 e. The van der Waals surface area contributed by atoms with E-state index in [0.717, 1.165) is 19.4 Å². The summed E-state index contributed by atoms with van der Waals surface area (Å²) in [6.45, 7) is 1.35. The Bertz CT molecular complexity index is 174. The van der Waals surface area contributed by atoms with Crippen LogP contribution >= 0.6 is 0 Å². The molecular weight excluding hydrogens is 178 g/mol. The lowest BCUT2D eigenvalue weighted by atomic mass is 9.89. The molecule has 0 heterocycles. The second-order valence-corrected chi connectivity index (χ2v) is 4.31. The molecule has 0 aromatic heterocycles. The second-order valence-electron chi connectivity index (χ2n) is 4.31. The van der Waals surface area contributed by atoms with E-state index in [0.29, 0.717) is 6.61 Å². The van der Waals surface area contributed by atoms with Gasteiger partial charge in [0.2, 0.25) is 0 Å². The van der Waals surface area contributed by atoms with Crippen molar-refractivity contribution < 1.29 is 9.53 Å². The van der Waals surface area contributed by atoms with E-state index in [1.54, 1.807) is 0 Å². The Morgan fingerprint density at radius 3 is 2.50 bits per heavy atom. The van der Waals surface area contributed by atoms with Crippen LogP contribution in [0.2, 0.25) is 0 Å². The smallest absolute Gasteiger partial charge is 0.308 e. The first-order valence-corrected chi connectivity index (χ1v) is 5.51. The fourth-order valence-electron chi connectivity index (χ4n) is 1.78. The Kier molecular flexibility index (Phi) is 4.94. The van der Waals surface area contributed by atoms with Gasteiger partial charge in [-0.2, -0.15) is 0 Å². The number of rotatable bonds is 4. The first kappa shape index (κ1) is 11.5. The van der Waals surface area contributed by atoms with Gasteiger partial charge < -0.3 is 9.64 Å². The SMILES string of the molecule is CN(C)CCOC(=O)C1CCCCC1. The summed E-state index contributed by atoms with van der Waals surface area (Å²) in [5, 5.41) is 0. The van der Waals surface area contributed by atoms with Crippen molar-refractivity contribution in [1.29, 1.82) is 0 Å². The summed E-state index contributed by atoms with van der Waals surface area (Å²) in [4.78, 5) is 13.6. The van der Waals surface area contributed by atoms with Crippen molar-refractivity contribution in [2.24, 2.45) is 5.92 Å². The van der Waals surface area contributed by atoms with Gasteiger partial charge in [-0.1, -0.05) is 19.3 Å². The summed E-state index contributed by atoms with van der Waals surface area (Å²) < 4.78 is 5.21. The second kappa shape index (κ2) is 6.02. The molecule has 0 radical (unpaired) electrons. The van der Waals surface area contributed by atoms with Crippen LogP contribution in [0.15, 0.2) is 0 Å². The minimum atomic E-state index is 0.0200. The highest BCUT2D eigenvalue weighted by molar-refractivity contribution is 5.72. The molecule has 82 valence electrons. The van der Waals surface area contributed by atoms with E-state index in [2.05, 4.69) is 0 Å². The van der Waals surface area contributed by atoms with Crippen molar-refractivity contribution in [2.45, 2.75) is 32.1 Å². The number of hydrogen-bond donors (Lipinski definition) is 0. The van der Waals surface area contributed by atoms with E-state index in [1.807, 2.05) is 19.0 Å². The van der Waals surface area contributed by atoms with Gasteiger partial charge in [-0.3, -0.25) is 4.79 Å². The molecule has 0 N–H and O–H groups in total. The lowest BCUT2D eigenvalue weighted by Crippen LogP contribution is -2.25. The topological polar surface area (TPSA) is 29.5 Å². The molecule has 0 spiro atoms. The molecule has 0 unspecified atom stereocenters. The highest BCUT2D eigenvalue weighted by Gasteiger charge is 2.22. The maximum atomic E-state index is 11.5. The average Bonchev–Trinajstić information content (AvgIpc) is 2.18. The van der Waals surface area contributed by atoms with Gasteiger partial charge in [0, 0.05) is 6.54 Å². The van der Waals surface area contributed by atoms with E-state index < -0.39 is 0 Å². The van der Waals surface area contributed by atoms with Gasteiger partial charge in [0.05, 0.1) is 5.92 Å². The Hall–Kier alpha value is -0.570. The molecule has 1 saturated carbocycles. The Morgan fingerprint density at radius 2 is 1.93 bits per heavy atom. The van der Waals surface area contributed by atoms with Crippen LogP contribution in [0.5, 0.6) is 0 Å². The van der Waals surface area contributed by atoms with Crippen LogP contribution < -0.4 is 0 Å². The van der Waals surface area contributed by atoms with Gasteiger partial charge in [0.15, 0.2) is 0 Å². The third kappa shape index (κ3) is 4.09. The zero-order valence-corrected chi connectivity index (χ0v) is 9.29. The van der Waals surface area contributed by atoms with Crippen molar-refractivity contribution in [3.05, 3.63) is 0 Å². The van der Waals surface area contributed by atoms with Crippen molar-refractivity contribution in [3.8, 4) is 0 Å². The van der Waals surface area contributed by atoms with Crippen molar-refractivity contribution in [1.82, 2.24) is 4.90 Å². The van der Waals surface area contributed by atoms with Crippen molar-refractivity contribution in [3.63, 3.8) is 0 Å². The number of likely N-dealkylation sites (N-methyl/N-ethyl adjacent to an activating group) is 1. The maximum Gasteiger partial charge on any atom is 0.308 e. The molecule has 0 saturated heterocycles. The number of ether oxygens (including phenoxy) is 1. The number of nitrogens with zero attached hydrogens (tertiary/aromatic N) is 1. The molecule has 14 heavy (non-hydrogen) atoms. The van der Waals surface area contributed by atoms with E-state index in [-0.39, 0.29) is 11.9 Å². The fourth-order valence-corrected chi connectivity index (χ4v) is 1.78. The van der Waals surface area contributed by atoms with Gasteiger partial charge in [-0.25, -0.2) is 0 Å². The Morgan fingerprint density at radius 1 is 1.29 bits per heavy atom. The largest absolute Gasteiger partial charge is 0.464 e. The molecule has 1 aliphatic rings. The average molecular weight is 199 g/mol. The van der Waals surface area contributed by atoms with E-state index in [9.17, 15) is 4.79 Å². The van der Waals surface area contributed by atoms with Crippen LogP contribution in [0.25, 0.3) is 0 Å². The molecule has 3 nitrogen and oxygen atoms in total. The molecule has 0 amide bonds. The van der Waals surface area contributed by atoms with Crippen molar-refractivity contribution >= 4 is 5.97 Å². The molecule has 0 aliphatic heterocycles. The summed E-state index contributed by atoms with van der Waals surface area (Å²) in [5.74, 6) is 0.206. The highest BCUT2D eigenvalue weighted by Crippen LogP contribution is 2.24. The van der Waals surface area contributed by atoms with E-state index in [1.165, 1.54) is 19.3 Å². The first-order valence-electron chi connectivity index (χ1n) is 5.51. The number of carbonyl (C=O) groups excluding carboxylic acids is 1.